The van der Waals surface area contributed by atoms with Crippen LogP contribution in [-0.4, -0.2) is 5.97 Å². The molecule has 1 unspecified atom stereocenters. The molecule has 0 aliphatic carbocycles. The summed E-state index contributed by atoms with van der Waals surface area (Å²) in [4.78, 5) is 15.1. The molecule has 0 saturated carbocycles. The number of rotatable bonds is 4. The van der Waals surface area contributed by atoms with Crippen molar-refractivity contribution in [1.82, 2.24) is 0 Å². The first-order valence-corrected chi connectivity index (χ1v) is 9.59. The molecule has 3 nitrogen and oxygen atoms in total. The molecule has 1 aliphatic rings. The van der Waals surface area contributed by atoms with Crippen LogP contribution in [0.5, 0.6) is 0 Å². The van der Waals surface area contributed by atoms with Gasteiger partial charge in [-0.2, -0.15) is 0 Å². The van der Waals surface area contributed by atoms with E-state index >= 15 is 0 Å². The van der Waals surface area contributed by atoms with E-state index in [0.717, 1.165) is 22.5 Å². The Kier molecular flexibility index (Phi) is 4.14. The second kappa shape index (κ2) is 6.95. The maximum absolute atomic E-state index is 13.0. The lowest BCUT2D eigenvalue weighted by molar-refractivity contribution is 0.0134. The molecule has 1 atom stereocenters. The molecule has 4 aromatic rings. The Hall–Kier alpha value is -3.85. The van der Waals surface area contributed by atoms with Gasteiger partial charge in [0, 0.05) is 22.5 Å². The number of hydrogen-bond donors (Lipinski definition) is 0. The molecular weight excluding hydrogens is 358 g/mol. The van der Waals surface area contributed by atoms with Crippen LogP contribution >= 0.6 is 0 Å². The molecular formula is C26H19NO2. The Morgan fingerprint density at radius 2 is 1.07 bits per heavy atom. The molecule has 4 aromatic carbocycles. The predicted octanol–water partition coefficient (Wildman–Crippen LogP) is 5.90. The van der Waals surface area contributed by atoms with Gasteiger partial charge in [-0.3, -0.25) is 4.90 Å². The van der Waals surface area contributed by atoms with E-state index < -0.39 is 5.72 Å². The van der Waals surface area contributed by atoms with E-state index in [9.17, 15) is 4.79 Å². The summed E-state index contributed by atoms with van der Waals surface area (Å²) < 4.78 is 6.26. The Labute approximate surface area is 169 Å². The van der Waals surface area contributed by atoms with Gasteiger partial charge in [0.2, 0.25) is 5.72 Å². The lowest BCUT2D eigenvalue weighted by Crippen LogP contribution is -2.45. The van der Waals surface area contributed by atoms with Gasteiger partial charge in [0.25, 0.3) is 0 Å². The molecule has 0 aromatic heterocycles. The number of anilines is 2. The van der Waals surface area contributed by atoms with Crippen molar-refractivity contribution in [3.8, 4) is 0 Å². The molecule has 29 heavy (non-hydrogen) atoms. The molecule has 1 heterocycles. The number of carbonyl (C=O) groups excluding carboxylic acids is 1. The van der Waals surface area contributed by atoms with Crippen LogP contribution in [0.4, 0.5) is 11.4 Å². The maximum atomic E-state index is 13.0. The van der Waals surface area contributed by atoms with E-state index in [4.69, 9.17) is 4.74 Å². The highest BCUT2D eigenvalue weighted by Crippen LogP contribution is 2.49. The largest absolute Gasteiger partial charge is 0.426 e. The standard InChI is InChI=1S/C26H19NO2/c28-25-23-18-10-11-19-24(23)26(29-25,20-12-4-1-5-13-20)27(21-14-6-2-7-15-21)22-16-8-3-9-17-22/h1-19H. The molecule has 140 valence electrons. The first-order valence-electron chi connectivity index (χ1n) is 9.59. The number of nitrogens with zero attached hydrogens (tertiary/aromatic N) is 1. The van der Waals surface area contributed by atoms with Crippen LogP contribution in [0.2, 0.25) is 0 Å². The first kappa shape index (κ1) is 17.3. The first-order chi connectivity index (χ1) is 14.3. The summed E-state index contributed by atoms with van der Waals surface area (Å²) >= 11 is 0. The van der Waals surface area contributed by atoms with Gasteiger partial charge < -0.3 is 4.74 Å². The number of benzene rings is 4. The average Bonchev–Trinajstić information content (AvgIpc) is 3.09. The molecule has 0 amide bonds. The van der Waals surface area contributed by atoms with Crippen LogP contribution in [0.15, 0.2) is 115 Å². The van der Waals surface area contributed by atoms with Crippen molar-refractivity contribution in [3.05, 3.63) is 132 Å². The molecule has 1 aliphatic heterocycles. The number of esters is 1. The maximum Gasteiger partial charge on any atom is 0.341 e. The van der Waals surface area contributed by atoms with Gasteiger partial charge in [0.15, 0.2) is 0 Å². The van der Waals surface area contributed by atoms with Crippen molar-refractivity contribution in [3.63, 3.8) is 0 Å². The van der Waals surface area contributed by atoms with Crippen LogP contribution in [0, 0.1) is 0 Å². The van der Waals surface area contributed by atoms with Crippen molar-refractivity contribution in [2.45, 2.75) is 5.72 Å². The molecule has 0 radical (unpaired) electrons. The summed E-state index contributed by atoms with van der Waals surface area (Å²) in [7, 11) is 0. The van der Waals surface area contributed by atoms with Gasteiger partial charge in [-0.15, -0.1) is 0 Å². The minimum Gasteiger partial charge on any atom is -0.426 e. The van der Waals surface area contributed by atoms with Crippen LogP contribution in [0.25, 0.3) is 0 Å². The highest BCUT2D eigenvalue weighted by atomic mass is 16.6. The fraction of sp³-hybridized carbons (Fsp3) is 0.0385. The molecule has 0 bridgehead atoms. The van der Waals surface area contributed by atoms with E-state index in [1.165, 1.54) is 0 Å². The highest BCUT2D eigenvalue weighted by molar-refractivity contribution is 5.96. The fourth-order valence-corrected chi connectivity index (χ4v) is 4.04. The van der Waals surface area contributed by atoms with Crippen molar-refractivity contribution in [1.29, 1.82) is 0 Å². The van der Waals surface area contributed by atoms with Crippen molar-refractivity contribution in [2.75, 3.05) is 4.90 Å². The summed E-state index contributed by atoms with van der Waals surface area (Å²) in [6.07, 6.45) is 0. The van der Waals surface area contributed by atoms with Gasteiger partial charge in [-0.25, -0.2) is 4.79 Å². The van der Waals surface area contributed by atoms with Gasteiger partial charge in [-0.05, 0) is 30.3 Å². The number of para-hydroxylation sites is 2. The molecule has 0 N–H and O–H groups in total. The number of ether oxygens (including phenoxy) is 1. The van der Waals surface area contributed by atoms with Crippen LogP contribution in [0.3, 0.4) is 0 Å². The third-order valence-corrected chi connectivity index (χ3v) is 5.26. The SMILES string of the molecule is O=C1OC(c2ccccc2)(N(c2ccccc2)c2ccccc2)c2ccccc21. The Morgan fingerprint density at radius 3 is 1.66 bits per heavy atom. The zero-order valence-electron chi connectivity index (χ0n) is 15.7. The Morgan fingerprint density at radius 1 is 0.586 bits per heavy atom. The Balaban J connectivity index is 1.86. The number of fused-ring (bicyclic) bond motifs is 1. The van der Waals surface area contributed by atoms with E-state index in [0.29, 0.717) is 5.56 Å². The summed E-state index contributed by atoms with van der Waals surface area (Å²) in [5.74, 6) is -0.318. The minimum atomic E-state index is -1.10. The van der Waals surface area contributed by atoms with Gasteiger partial charge >= 0.3 is 5.97 Å². The Bertz CT molecular complexity index is 1100. The summed E-state index contributed by atoms with van der Waals surface area (Å²) in [5, 5.41) is 0. The monoisotopic (exact) mass is 377 g/mol. The van der Waals surface area contributed by atoms with E-state index in [2.05, 4.69) is 4.90 Å². The zero-order chi connectivity index (χ0) is 19.7. The summed E-state index contributed by atoms with van der Waals surface area (Å²) in [6.45, 7) is 0. The topological polar surface area (TPSA) is 29.5 Å². The second-order valence-electron chi connectivity index (χ2n) is 6.95. The second-order valence-corrected chi connectivity index (χ2v) is 6.95. The van der Waals surface area contributed by atoms with Gasteiger partial charge in [0.1, 0.15) is 0 Å². The minimum absolute atomic E-state index is 0.318. The van der Waals surface area contributed by atoms with E-state index in [1.807, 2.05) is 115 Å². The average molecular weight is 377 g/mol. The zero-order valence-corrected chi connectivity index (χ0v) is 15.7. The lowest BCUT2D eigenvalue weighted by Gasteiger charge is -2.42. The normalized spacial score (nSPS) is 17.4. The fourth-order valence-electron chi connectivity index (χ4n) is 4.04. The predicted molar refractivity (Wildman–Crippen MR) is 114 cm³/mol. The van der Waals surface area contributed by atoms with Crippen molar-refractivity contribution >= 4 is 17.3 Å². The summed E-state index contributed by atoms with van der Waals surface area (Å²) in [5.41, 5.74) is 3.10. The molecule has 0 saturated heterocycles. The molecule has 5 rings (SSSR count). The number of carbonyl (C=O) groups is 1. The quantitative estimate of drug-likeness (QED) is 0.415. The number of cyclic esters (lactones) is 1. The number of hydrogen-bond acceptors (Lipinski definition) is 3. The third kappa shape index (κ3) is 2.71. The highest BCUT2D eigenvalue weighted by Gasteiger charge is 2.52. The van der Waals surface area contributed by atoms with Crippen molar-refractivity contribution in [2.24, 2.45) is 0 Å². The van der Waals surface area contributed by atoms with Crippen LogP contribution < -0.4 is 4.90 Å². The van der Waals surface area contributed by atoms with Gasteiger partial charge in [0.05, 0.1) is 5.56 Å². The molecule has 0 fully saturated rings. The van der Waals surface area contributed by atoms with Crippen LogP contribution in [0.1, 0.15) is 21.5 Å². The smallest absolute Gasteiger partial charge is 0.341 e. The lowest BCUT2D eigenvalue weighted by atomic mass is 9.90. The third-order valence-electron chi connectivity index (χ3n) is 5.26. The molecule has 0 spiro atoms. The van der Waals surface area contributed by atoms with Gasteiger partial charge in [-0.1, -0.05) is 84.9 Å². The van der Waals surface area contributed by atoms with Crippen LogP contribution in [-0.2, 0) is 10.5 Å². The van der Waals surface area contributed by atoms with Crippen molar-refractivity contribution < 1.29 is 9.53 Å². The van der Waals surface area contributed by atoms with E-state index in [1.54, 1.807) is 0 Å². The molecule has 3 heteroatoms. The van der Waals surface area contributed by atoms with E-state index in [-0.39, 0.29) is 5.97 Å². The summed E-state index contributed by atoms with van der Waals surface area (Å²) in [6, 6.07) is 37.6.